The van der Waals surface area contributed by atoms with Crippen LogP contribution in [0.25, 0.3) is 0 Å². The van der Waals surface area contributed by atoms with Gasteiger partial charge in [-0.2, -0.15) is 9.78 Å². The molecule has 6 nitrogen and oxygen atoms in total. The number of hydrogen-bond donors (Lipinski definition) is 0. The summed E-state index contributed by atoms with van der Waals surface area (Å²) in [5.41, 5.74) is 0. The molecule has 0 aliphatic carbocycles. The number of amides is 2. The Hall–Kier alpha value is -1.56. The minimum Gasteiger partial charge on any atom is -0.341 e. The van der Waals surface area contributed by atoms with Gasteiger partial charge in [0.25, 0.3) is 0 Å². The summed E-state index contributed by atoms with van der Waals surface area (Å²) in [7, 11) is 0. The fourth-order valence-corrected chi connectivity index (χ4v) is 2.11. The number of hydrogen-bond acceptors (Lipinski definition) is 3. The Morgan fingerprint density at radius 1 is 1.15 bits per heavy atom. The van der Waals surface area contributed by atoms with E-state index < -0.39 is 0 Å². The Labute approximate surface area is 124 Å². The molecule has 1 saturated heterocycles. The lowest BCUT2D eigenvalue weighted by Gasteiger charge is -2.20. The molecule has 2 heterocycles. The summed E-state index contributed by atoms with van der Waals surface area (Å²) < 4.78 is 1.23. The zero-order valence-electron chi connectivity index (χ0n) is 12.2. The van der Waals surface area contributed by atoms with E-state index in [1.807, 2.05) is 13.8 Å². The lowest BCUT2D eigenvalue weighted by Crippen LogP contribution is -2.38. The van der Waals surface area contributed by atoms with E-state index in [0.29, 0.717) is 31.2 Å². The van der Waals surface area contributed by atoms with Crippen LogP contribution in [-0.4, -0.2) is 57.7 Å². The SMILES string of the molecule is CC.CC(=O)N1CCCN(C(=O)n2cc(Cl)cn2)CC1. The summed E-state index contributed by atoms with van der Waals surface area (Å²) in [6.45, 7) is 7.95. The summed E-state index contributed by atoms with van der Waals surface area (Å²) in [4.78, 5) is 26.8. The molecule has 2 amide bonds. The second-order valence-corrected chi connectivity index (χ2v) is 4.67. The maximum atomic E-state index is 12.1. The molecule has 112 valence electrons. The summed E-state index contributed by atoms with van der Waals surface area (Å²) >= 11 is 5.73. The summed E-state index contributed by atoms with van der Waals surface area (Å²) in [5, 5.41) is 4.32. The van der Waals surface area contributed by atoms with Gasteiger partial charge < -0.3 is 9.80 Å². The first-order valence-corrected chi connectivity index (χ1v) is 7.20. The van der Waals surface area contributed by atoms with E-state index in [1.54, 1.807) is 16.7 Å². The fourth-order valence-electron chi connectivity index (χ4n) is 1.97. The molecule has 2 rings (SSSR count). The largest absolute Gasteiger partial charge is 0.344 e. The summed E-state index contributed by atoms with van der Waals surface area (Å²) in [6.07, 6.45) is 3.69. The highest BCUT2D eigenvalue weighted by atomic mass is 35.5. The molecule has 7 heteroatoms. The van der Waals surface area contributed by atoms with Crippen molar-refractivity contribution in [2.45, 2.75) is 27.2 Å². The molecule has 0 atom stereocenters. The molecule has 0 aromatic carbocycles. The third-order valence-electron chi connectivity index (χ3n) is 2.96. The molecule has 0 N–H and O–H groups in total. The number of halogens is 1. The Balaban J connectivity index is 0.000000956. The molecule has 0 saturated carbocycles. The molecule has 0 bridgehead atoms. The Morgan fingerprint density at radius 3 is 2.30 bits per heavy atom. The molecule has 0 unspecified atom stereocenters. The number of carbonyl (C=O) groups is 2. The van der Waals surface area contributed by atoms with Crippen LogP contribution in [0.5, 0.6) is 0 Å². The first-order valence-electron chi connectivity index (χ1n) is 6.83. The highest BCUT2D eigenvalue weighted by Crippen LogP contribution is 2.09. The van der Waals surface area contributed by atoms with Gasteiger partial charge in [-0.25, -0.2) is 4.79 Å². The van der Waals surface area contributed by atoms with E-state index in [1.165, 1.54) is 17.1 Å². The Kier molecular flexibility index (Phi) is 6.51. The Bertz CT molecular complexity index is 461. The highest BCUT2D eigenvalue weighted by molar-refractivity contribution is 6.30. The second-order valence-electron chi connectivity index (χ2n) is 4.23. The van der Waals surface area contributed by atoms with Gasteiger partial charge in [0.1, 0.15) is 0 Å². The van der Waals surface area contributed by atoms with Gasteiger partial charge in [-0.15, -0.1) is 0 Å². The number of carbonyl (C=O) groups excluding carboxylic acids is 2. The zero-order chi connectivity index (χ0) is 15.1. The van der Waals surface area contributed by atoms with Crippen molar-refractivity contribution in [3.8, 4) is 0 Å². The predicted octanol–water partition coefficient (Wildman–Crippen LogP) is 2.08. The Morgan fingerprint density at radius 2 is 1.75 bits per heavy atom. The number of aromatic nitrogens is 2. The maximum Gasteiger partial charge on any atom is 0.344 e. The molecule has 1 aliphatic heterocycles. The van der Waals surface area contributed by atoms with Gasteiger partial charge in [0.05, 0.1) is 17.4 Å². The van der Waals surface area contributed by atoms with E-state index in [-0.39, 0.29) is 11.9 Å². The van der Waals surface area contributed by atoms with Crippen molar-refractivity contribution in [3.05, 3.63) is 17.4 Å². The minimum atomic E-state index is -0.202. The van der Waals surface area contributed by atoms with Gasteiger partial charge in [-0.1, -0.05) is 25.4 Å². The highest BCUT2D eigenvalue weighted by Gasteiger charge is 2.21. The van der Waals surface area contributed by atoms with E-state index in [2.05, 4.69) is 5.10 Å². The summed E-state index contributed by atoms with van der Waals surface area (Å²) in [6, 6.07) is -0.202. The smallest absolute Gasteiger partial charge is 0.341 e. The lowest BCUT2D eigenvalue weighted by molar-refractivity contribution is -0.128. The average Bonchev–Trinajstić information content (AvgIpc) is 2.74. The van der Waals surface area contributed by atoms with Crippen LogP contribution in [-0.2, 0) is 4.79 Å². The van der Waals surface area contributed by atoms with Crippen LogP contribution in [0.15, 0.2) is 12.4 Å². The fraction of sp³-hybridized carbons (Fsp3) is 0.615. The molecule has 0 spiro atoms. The van der Waals surface area contributed by atoms with Crippen molar-refractivity contribution in [1.29, 1.82) is 0 Å². The molecule has 0 radical (unpaired) electrons. The van der Waals surface area contributed by atoms with Gasteiger partial charge in [-0.3, -0.25) is 4.79 Å². The van der Waals surface area contributed by atoms with Crippen LogP contribution >= 0.6 is 11.6 Å². The summed E-state index contributed by atoms with van der Waals surface area (Å²) in [5.74, 6) is 0.0476. The van der Waals surface area contributed by atoms with Crippen molar-refractivity contribution in [1.82, 2.24) is 19.6 Å². The molecule has 1 aliphatic rings. The van der Waals surface area contributed by atoms with E-state index in [4.69, 9.17) is 11.6 Å². The van der Waals surface area contributed by atoms with Crippen molar-refractivity contribution in [2.75, 3.05) is 26.2 Å². The van der Waals surface area contributed by atoms with Gasteiger partial charge in [0.2, 0.25) is 5.91 Å². The van der Waals surface area contributed by atoms with Crippen LogP contribution in [0, 0.1) is 0 Å². The second kappa shape index (κ2) is 7.89. The van der Waals surface area contributed by atoms with E-state index in [0.717, 1.165) is 6.42 Å². The molecule has 1 fully saturated rings. The average molecular weight is 301 g/mol. The van der Waals surface area contributed by atoms with Gasteiger partial charge in [0, 0.05) is 33.1 Å². The van der Waals surface area contributed by atoms with Crippen LogP contribution in [0.3, 0.4) is 0 Å². The van der Waals surface area contributed by atoms with Crippen molar-refractivity contribution < 1.29 is 9.59 Å². The predicted molar refractivity (Wildman–Crippen MR) is 77.8 cm³/mol. The van der Waals surface area contributed by atoms with Crippen molar-refractivity contribution in [3.63, 3.8) is 0 Å². The molecule has 1 aromatic rings. The minimum absolute atomic E-state index is 0.0476. The van der Waals surface area contributed by atoms with Crippen LogP contribution in [0.2, 0.25) is 5.02 Å². The van der Waals surface area contributed by atoms with Gasteiger partial charge >= 0.3 is 6.03 Å². The normalized spacial score (nSPS) is 15.2. The first-order chi connectivity index (χ1) is 9.58. The zero-order valence-corrected chi connectivity index (χ0v) is 12.9. The monoisotopic (exact) mass is 300 g/mol. The van der Waals surface area contributed by atoms with E-state index >= 15 is 0 Å². The number of rotatable bonds is 0. The van der Waals surface area contributed by atoms with Crippen LogP contribution in [0.4, 0.5) is 4.79 Å². The lowest BCUT2D eigenvalue weighted by atomic mass is 10.4. The van der Waals surface area contributed by atoms with E-state index in [9.17, 15) is 9.59 Å². The van der Waals surface area contributed by atoms with Crippen molar-refractivity contribution in [2.24, 2.45) is 0 Å². The third-order valence-corrected chi connectivity index (χ3v) is 3.15. The topological polar surface area (TPSA) is 58.4 Å². The standard InChI is InChI=1S/C11H15ClN4O2.C2H6/c1-9(17)14-3-2-4-15(6-5-14)11(18)16-8-10(12)7-13-16;1-2/h7-8H,2-6H2,1H3;1-2H3. The molecular formula is C13H21ClN4O2. The van der Waals surface area contributed by atoms with Crippen LogP contribution < -0.4 is 0 Å². The quantitative estimate of drug-likeness (QED) is 0.737. The van der Waals surface area contributed by atoms with Crippen LogP contribution in [0.1, 0.15) is 27.2 Å². The van der Waals surface area contributed by atoms with Gasteiger partial charge in [-0.05, 0) is 6.42 Å². The third kappa shape index (κ3) is 4.23. The number of nitrogens with zero attached hydrogens (tertiary/aromatic N) is 4. The molecular weight excluding hydrogens is 280 g/mol. The maximum absolute atomic E-state index is 12.1. The molecule has 20 heavy (non-hydrogen) atoms. The molecule has 1 aromatic heterocycles. The van der Waals surface area contributed by atoms with Gasteiger partial charge in [0.15, 0.2) is 0 Å². The first kappa shape index (κ1) is 16.5. The van der Waals surface area contributed by atoms with Crippen molar-refractivity contribution >= 4 is 23.5 Å².